The van der Waals surface area contributed by atoms with E-state index in [0.29, 0.717) is 10.0 Å². The minimum absolute atomic E-state index is 0.0501. The maximum absolute atomic E-state index is 13.8. The van der Waals surface area contributed by atoms with Crippen molar-refractivity contribution < 1.29 is 17.6 Å². The Morgan fingerprint density at radius 1 is 1.26 bits per heavy atom. The quantitative estimate of drug-likeness (QED) is 0.826. The number of sulfonamides is 1. The number of amides is 1. The van der Waals surface area contributed by atoms with Crippen LogP contribution in [0.15, 0.2) is 51.8 Å². The fourth-order valence-corrected chi connectivity index (χ4v) is 2.89. The highest BCUT2D eigenvalue weighted by atomic mass is 79.9. The molecule has 2 aromatic rings. The van der Waals surface area contributed by atoms with Crippen LogP contribution >= 0.6 is 15.9 Å². The molecule has 0 radical (unpaired) electrons. The van der Waals surface area contributed by atoms with Gasteiger partial charge in [-0.3, -0.25) is 4.79 Å². The molecule has 1 amide bonds. The SMILES string of the molecule is CC(NC(=O)c1ccc(Br)cc1F)c1cccc(S(N)(=O)=O)c1. The van der Waals surface area contributed by atoms with Crippen molar-refractivity contribution in [3.05, 3.63) is 63.9 Å². The molecule has 0 aliphatic rings. The number of halogens is 2. The highest BCUT2D eigenvalue weighted by Gasteiger charge is 2.17. The second kappa shape index (κ2) is 6.77. The van der Waals surface area contributed by atoms with Gasteiger partial charge < -0.3 is 5.32 Å². The molecule has 0 saturated carbocycles. The lowest BCUT2D eigenvalue weighted by atomic mass is 10.1. The zero-order valence-corrected chi connectivity index (χ0v) is 14.5. The zero-order valence-electron chi connectivity index (χ0n) is 12.1. The van der Waals surface area contributed by atoms with E-state index in [9.17, 15) is 17.6 Å². The Morgan fingerprint density at radius 3 is 2.57 bits per heavy atom. The molecule has 23 heavy (non-hydrogen) atoms. The van der Waals surface area contributed by atoms with Crippen molar-refractivity contribution in [3.8, 4) is 0 Å². The van der Waals surface area contributed by atoms with Crippen LogP contribution in [0, 0.1) is 5.82 Å². The molecule has 3 N–H and O–H groups in total. The van der Waals surface area contributed by atoms with Crippen LogP contribution in [0.1, 0.15) is 28.9 Å². The average Bonchev–Trinajstić information content (AvgIpc) is 2.46. The molecule has 0 aromatic heterocycles. The summed E-state index contributed by atoms with van der Waals surface area (Å²) in [5, 5.41) is 7.70. The number of hydrogen-bond donors (Lipinski definition) is 2. The van der Waals surface area contributed by atoms with E-state index in [0.717, 1.165) is 0 Å². The summed E-state index contributed by atoms with van der Waals surface area (Å²) in [6.07, 6.45) is 0. The molecule has 0 saturated heterocycles. The van der Waals surface area contributed by atoms with E-state index in [1.54, 1.807) is 19.1 Å². The molecule has 0 aliphatic heterocycles. The molecule has 2 rings (SSSR count). The lowest BCUT2D eigenvalue weighted by molar-refractivity contribution is 0.0936. The third-order valence-corrected chi connectivity index (χ3v) is 4.61. The van der Waals surface area contributed by atoms with Crippen molar-refractivity contribution in [2.24, 2.45) is 5.14 Å². The van der Waals surface area contributed by atoms with Gasteiger partial charge in [-0.25, -0.2) is 17.9 Å². The topological polar surface area (TPSA) is 89.3 Å². The van der Waals surface area contributed by atoms with E-state index in [1.165, 1.54) is 30.3 Å². The first kappa shape index (κ1) is 17.6. The van der Waals surface area contributed by atoms with Crippen molar-refractivity contribution in [1.82, 2.24) is 5.32 Å². The zero-order chi connectivity index (χ0) is 17.2. The van der Waals surface area contributed by atoms with E-state index < -0.39 is 27.8 Å². The fourth-order valence-electron chi connectivity index (χ4n) is 1.99. The lowest BCUT2D eigenvalue weighted by Gasteiger charge is -2.15. The van der Waals surface area contributed by atoms with Gasteiger partial charge in [0.05, 0.1) is 16.5 Å². The van der Waals surface area contributed by atoms with Gasteiger partial charge in [0.25, 0.3) is 5.91 Å². The van der Waals surface area contributed by atoms with Crippen LogP contribution in [0.3, 0.4) is 0 Å². The lowest BCUT2D eigenvalue weighted by Crippen LogP contribution is -2.27. The predicted molar refractivity (Wildman–Crippen MR) is 87.8 cm³/mol. The van der Waals surface area contributed by atoms with Gasteiger partial charge in [0.2, 0.25) is 10.0 Å². The summed E-state index contributed by atoms with van der Waals surface area (Å²) in [6.45, 7) is 1.66. The van der Waals surface area contributed by atoms with Gasteiger partial charge in [-0.05, 0) is 42.8 Å². The van der Waals surface area contributed by atoms with Crippen LogP contribution in [-0.2, 0) is 10.0 Å². The summed E-state index contributed by atoms with van der Waals surface area (Å²) in [6, 6.07) is 9.51. The number of carbonyl (C=O) groups excluding carboxylic acids is 1. The van der Waals surface area contributed by atoms with Crippen LogP contribution in [0.4, 0.5) is 4.39 Å². The Labute approximate surface area is 141 Å². The Hall–Kier alpha value is -1.77. The van der Waals surface area contributed by atoms with Crippen LogP contribution in [0.5, 0.6) is 0 Å². The molecule has 2 aromatic carbocycles. The fraction of sp³-hybridized carbons (Fsp3) is 0.133. The first-order chi connectivity index (χ1) is 10.7. The predicted octanol–water partition coefficient (Wildman–Crippen LogP) is 2.73. The van der Waals surface area contributed by atoms with Crippen LogP contribution in [0.25, 0.3) is 0 Å². The molecule has 0 spiro atoms. The first-order valence-electron chi connectivity index (χ1n) is 6.57. The standard InChI is InChI=1S/C15H14BrFN2O3S/c1-9(10-3-2-4-12(7-10)23(18,21)22)19-15(20)13-6-5-11(16)8-14(13)17/h2-9H,1H3,(H,19,20)(H2,18,21,22). The Balaban J connectivity index is 2.22. The van der Waals surface area contributed by atoms with Gasteiger partial charge in [-0.2, -0.15) is 0 Å². The minimum atomic E-state index is -3.83. The highest BCUT2D eigenvalue weighted by molar-refractivity contribution is 9.10. The van der Waals surface area contributed by atoms with Gasteiger partial charge in [0.15, 0.2) is 0 Å². The van der Waals surface area contributed by atoms with Crippen LogP contribution in [0.2, 0.25) is 0 Å². The van der Waals surface area contributed by atoms with Crippen molar-refractivity contribution in [1.29, 1.82) is 0 Å². The monoisotopic (exact) mass is 400 g/mol. The molecule has 0 aliphatic carbocycles. The normalized spacial score (nSPS) is 12.7. The molecular formula is C15H14BrFN2O3S. The van der Waals surface area contributed by atoms with E-state index in [2.05, 4.69) is 21.2 Å². The highest BCUT2D eigenvalue weighted by Crippen LogP contribution is 2.19. The summed E-state index contributed by atoms with van der Waals surface area (Å²) in [7, 11) is -3.83. The maximum atomic E-state index is 13.8. The Kier molecular flexibility index (Phi) is 5.18. The summed E-state index contributed by atoms with van der Waals surface area (Å²) < 4.78 is 37.0. The number of hydrogen-bond acceptors (Lipinski definition) is 3. The Morgan fingerprint density at radius 2 is 1.96 bits per heavy atom. The van der Waals surface area contributed by atoms with Gasteiger partial charge in [0.1, 0.15) is 5.82 Å². The largest absolute Gasteiger partial charge is 0.345 e. The van der Waals surface area contributed by atoms with Crippen molar-refractivity contribution in [2.75, 3.05) is 0 Å². The van der Waals surface area contributed by atoms with Gasteiger partial charge in [0, 0.05) is 4.47 Å². The maximum Gasteiger partial charge on any atom is 0.254 e. The molecule has 8 heteroatoms. The minimum Gasteiger partial charge on any atom is -0.345 e. The second-order valence-electron chi connectivity index (χ2n) is 4.94. The number of carbonyl (C=O) groups is 1. The molecule has 1 unspecified atom stereocenters. The van der Waals surface area contributed by atoms with Crippen LogP contribution < -0.4 is 10.5 Å². The summed E-state index contributed by atoms with van der Waals surface area (Å²) in [4.78, 5) is 12.1. The van der Waals surface area contributed by atoms with Gasteiger partial charge in [-0.15, -0.1) is 0 Å². The van der Waals surface area contributed by atoms with Gasteiger partial charge in [-0.1, -0.05) is 28.1 Å². The van der Waals surface area contributed by atoms with E-state index in [-0.39, 0.29) is 10.5 Å². The number of nitrogens with one attached hydrogen (secondary N) is 1. The van der Waals surface area contributed by atoms with E-state index >= 15 is 0 Å². The second-order valence-corrected chi connectivity index (χ2v) is 7.41. The summed E-state index contributed by atoms with van der Waals surface area (Å²) >= 11 is 3.12. The molecule has 1 atom stereocenters. The molecule has 0 bridgehead atoms. The van der Waals surface area contributed by atoms with Crippen LogP contribution in [-0.4, -0.2) is 14.3 Å². The smallest absolute Gasteiger partial charge is 0.254 e. The first-order valence-corrected chi connectivity index (χ1v) is 8.91. The molecule has 0 heterocycles. The van der Waals surface area contributed by atoms with Crippen molar-refractivity contribution in [3.63, 3.8) is 0 Å². The number of nitrogens with two attached hydrogens (primary N) is 1. The third-order valence-electron chi connectivity index (χ3n) is 3.21. The van der Waals surface area contributed by atoms with Crippen molar-refractivity contribution >= 4 is 31.9 Å². The summed E-state index contributed by atoms with van der Waals surface area (Å²) in [5.41, 5.74) is 0.449. The number of benzene rings is 2. The molecule has 5 nitrogen and oxygen atoms in total. The number of rotatable bonds is 4. The average molecular weight is 401 g/mol. The Bertz CT molecular complexity index is 856. The number of primary sulfonamides is 1. The summed E-state index contributed by atoms with van der Waals surface area (Å²) in [5.74, 6) is -1.24. The molecule has 122 valence electrons. The van der Waals surface area contributed by atoms with Gasteiger partial charge >= 0.3 is 0 Å². The molecule has 0 fully saturated rings. The van der Waals surface area contributed by atoms with Crippen molar-refractivity contribution in [2.45, 2.75) is 17.9 Å². The molecular weight excluding hydrogens is 387 g/mol. The third kappa shape index (κ3) is 4.37. The van der Waals surface area contributed by atoms with E-state index in [1.807, 2.05) is 0 Å². The van der Waals surface area contributed by atoms with E-state index in [4.69, 9.17) is 5.14 Å².